The number of anilines is 1. The Morgan fingerprint density at radius 3 is 2.41 bits per heavy atom. The largest absolute Gasteiger partial charge is 0.496 e. The number of nitrogens with one attached hydrogen (secondary N) is 2. The lowest BCUT2D eigenvalue weighted by Crippen LogP contribution is -2.53. The molecule has 0 unspecified atom stereocenters. The quantitative estimate of drug-likeness (QED) is 0.500. The van der Waals surface area contributed by atoms with Crippen molar-refractivity contribution in [2.45, 2.75) is 37.7 Å². The van der Waals surface area contributed by atoms with Crippen molar-refractivity contribution in [3.05, 3.63) is 72.0 Å². The summed E-state index contributed by atoms with van der Waals surface area (Å²) in [4.78, 5) is 28.8. The molecular formula is C29H34N4O4. The fourth-order valence-corrected chi connectivity index (χ4v) is 4.75. The second-order valence-corrected chi connectivity index (χ2v) is 9.87. The summed E-state index contributed by atoms with van der Waals surface area (Å²) in [5, 5.41) is 10.1. The van der Waals surface area contributed by atoms with E-state index in [1.807, 2.05) is 42.5 Å². The van der Waals surface area contributed by atoms with Crippen LogP contribution in [0, 0.1) is 0 Å². The number of amides is 2. The highest BCUT2D eigenvalue weighted by molar-refractivity contribution is 5.95. The minimum Gasteiger partial charge on any atom is -0.496 e. The van der Waals surface area contributed by atoms with Crippen LogP contribution < -0.4 is 15.6 Å². The summed E-state index contributed by atoms with van der Waals surface area (Å²) in [7, 11) is 1.65. The third-order valence-electron chi connectivity index (χ3n) is 7.24. The maximum absolute atomic E-state index is 13.0. The molecule has 2 aromatic rings. The number of hydrogen-bond acceptors (Lipinski definition) is 6. The Bertz CT molecular complexity index is 1210. The molecule has 0 radical (unpaired) electrons. The lowest BCUT2D eigenvalue weighted by molar-refractivity contribution is -0.143. The van der Waals surface area contributed by atoms with E-state index >= 15 is 0 Å². The molecule has 1 saturated carbocycles. The molecule has 2 aliphatic carbocycles. The molecule has 0 aromatic heterocycles. The molecule has 1 saturated heterocycles. The first-order valence-electron chi connectivity index (χ1n) is 12.9. The van der Waals surface area contributed by atoms with E-state index in [0.717, 1.165) is 47.5 Å². The summed E-state index contributed by atoms with van der Waals surface area (Å²) in [6.45, 7) is 1.83. The highest BCUT2D eigenvalue weighted by Gasteiger charge is 2.50. The van der Waals surface area contributed by atoms with E-state index in [4.69, 9.17) is 4.74 Å². The second-order valence-electron chi connectivity index (χ2n) is 9.87. The maximum atomic E-state index is 13.0. The van der Waals surface area contributed by atoms with Crippen molar-refractivity contribution >= 4 is 17.5 Å². The van der Waals surface area contributed by atoms with Crippen molar-refractivity contribution in [3.8, 4) is 16.9 Å². The highest BCUT2D eigenvalue weighted by atomic mass is 16.5. The molecular weight excluding hydrogens is 468 g/mol. The molecule has 2 amide bonds. The fraction of sp³-hybridized carbons (Fsp3) is 0.379. The number of methoxy groups -OCH3 is 1. The van der Waals surface area contributed by atoms with Crippen molar-refractivity contribution < 1.29 is 19.4 Å². The minimum absolute atomic E-state index is 0.0518. The van der Waals surface area contributed by atoms with Gasteiger partial charge in [-0.2, -0.15) is 0 Å². The van der Waals surface area contributed by atoms with Crippen molar-refractivity contribution in [2.24, 2.45) is 0 Å². The highest BCUT2D eigenvalue weighted by Crippen LogP contribution is 2.37. The Hall–Kier alpha value is -3.78. The predicted molar refractivity (Wildman–Crippen MR) is 143 cm³/mol. The third kappa shape index (κ3) is 5.64. The van der Waals surface area contributed by atoms with Gasteiger partial charge in [0.05, 0.1) is 12.8 Å². The Labute approximate surface area is 217 Å². The second kappa shape index (κ2) is 10.7. The number of allylic oxidation sites excluding steroid dienone is 4. The number of carbonyl (C=O) groups is 2. The van der Waals surface area contributed by atoms with E-state index in [0.29, 0.717) is 44.6 Å². The van der Waals surface area contributed by atoms with Crippen LogP contribution in [0.25, 0.3) is 11.1 Å². The van der Waals surface area contributed by atoms with Gasteiger partial charge >= 0.3 is 0 Å². The van der Waals surface area contributed by atoms with Gasteiger partial charge in [0.2, 0.25) is 0 Å². The Morgan fingerprint density at radius 2 is 1.70 bits per heavy atom. The summed E-state index contributed by atoms with van der Waals surface area (Å²) < 4.78 is 5.66. The van der Waals surface area contributed by atoms with E-state index in [2.05, 4.69) is 29.1 Å². The van der Waals surface area contributed by atoms with Crippen molar-refractivity contribution in [3.63, 3.8) is 0 Å². The number of carbonyl (C=O) groups excluding carboxylic acids is 2. The number of rotatable bonds is 7. The van der Waals surface area contributed by atoms with Gasteiger partial charge in [-0.3, -0.25) is 9.59 Å². The van der Waals surface area contributed by atoms with Gasteiger partial charge in [0.25, 0.3) is 11.8 Å². The Morgan fingerprint density at radius 1 is 0.973 bits per heavy atom. The average molecular weight is 503 g/mol. The van der Waals surface area contributed by atoms with Crippen LogP contribution in [0.5, 0.6) is 5.75 Å². The predicted octanol–water partition coefficient (Wildman–Crippen LogP) is 3.71. The van der Waals surface area contributed by atoms with E-state index < -0.39 is 5.60 Å². The van der Waals surface area contributed by atoms with Gasteiger partial charge in [-0.25, -0.2) is 0 Å². The lowest BCUT2D eigenvalue weighted by Gasteiger charge is -2.35. The maximum Gasteiger partial charge on any atom is 0.254 e. The molecule has 0 spiro atoms. The van der Waals surface area contributed by atoms with Crippen LogP contribution in [-0.2, 0) is 4.79 Å². The number of ether oxygens (including phenoxy) is 1. The van der Waals surface area contributed by atoms with Crippen LogP contribution in [0.15, 0.2) is 66.4 Å². The molecule has 5 rings (SSSR count). The molecule has 3 N–H and O–H groups in total. The summed E-state index contributed by atoms with van der Waals surface area (Å²) in [6.07, 6.45) is 10.6. The van der Waals surface area contributed by atoms with Crippen LogP contribution in [-0.4, -0.2) is 65.6 Å². The molecule has 2 fully saturated rings. The molecule has 0 bridgehead atoms. The Kier molecular flexibility index (Phi) is 7.19. The van der Waals surface area contributed by atoms with E-state index in [9.17, 15) is 14.7 Å². The van der Waals surface area contributed by atoms with Gasteiger partial charge < -0.3 is 30.5 Å². The monoisotopic (exact) mass is 502 g/mol. The molecule has 8 nitrogen and oxygen atoms in total. The molecule has 0 atom stereocenters. The first-order chi connectivity index (χ1) is 18.0. The van der Waals surface area contributed by atoms with Crippen molar-refractivity contribution in [2.75, 3.05) is 38.7 Å². The summed E-state index contributed by atoms with van der Waals surface area (Å²) in [5.41, 5.74) is 9.93. The standard InChI is InChI=1S/C29H34N4O4/c1-37-26-20-24(31-30-23-6-4-2-3-5-7-23)12-13-25(26)21-8-10-22(11-9-21)27(34)32-16-18-33(19-17-32)28(35)29(36)14-15-29/h2,4,6,8-13,20,30-31,36H,3,5,7,14-19H2,1H3. The normalized spacial score (nSPS) is 18.5. The van der Waals surface area contributed by atoms with E-state index in [-0.39, 0.29) is 11.8 Å². The van der Waals surface area contributed by atoms with E-state index in [1.54, 1.807) is 16.9 Å². The zero-order chi connectivity index (χ0) is 25.8. The van der Waals surface area contributed by atoms with E-state index in [1.165, 1.54) is 0 Å². The summed E-state index contributed by atoms with van der Waals surface area (Å²) in [6, 6.07) is 13.5. The average Bonchev–Trinajstić information content (AvgIpc) is 3.75. The van der Waals surface area contributed by atoms with Gasteiger partial charge in [-0.15, -0.1) is 0 Å². The number of aliphatic hydroxyl groups is 1. The smallest absolute Gasteiger partial charge is 0.254 e. The molecule has 37 heavy (non-hydrogen) atoms. The van der Waals surface area contributed by atoms with Crippen LogP contribution >= 0.6 is 0 Å². The van der Waals surface area contributed by atoms with Crippen molar-refractivity contribution in [1.29, 1.82) is 0 Å². The zero-order valence-corrected chi connectivity index (χ0v) is 21.2. The molecule has 8 heteroatoms. The van der Waals surface area contributed by atoms with Crippen LogP contribution in [0.4, 0.5) is 5.69 Å². The number of hydrogen-bond donors (Lipinski definition) is 3. The van der Waals surface area contributed by atoms with Gasteiger partial charge in [0.1, 0.15) is 11.4 Å². The lowest BCUT2D eigenvalue weighted by atomic mass is 10.0. The number of hydrazine groups is 1. The topological polar surface area (TPSA) is 94.1 Å². The number of benzene rings is 2. The van der Waals surface area contributed by atoms with Gasteiger partial charge in [0, 0.05) is 49.1 Å². The molecule has 1 aliphatic heterocycles. The van der Waals surface area contributed by atoms with Crippen molar-refractivity contribution in [1.82, 2.24) is 15.2 Å². The van der Waals surface area contributed by atoms with Crippen LogP contribution in [0.3, 0.4) is 0 Å². The number of nitrogens with zero attached hydrogens (tertiary/aromatic N) is 2. The molecule has 3 aliphatic rings. The first kappa shape index (κ1) is 24.9. The fourth-order valence-electron chi connectivity index (χ4n) is 4.75. The van der Waals surface area contributed by atoms with Gasteiger partial charge in [-0.1, -0.05) is 24.3 Å². The van der Waals surface area contributed by atoms with Crippen LogP contribution in [0.1, 0.15) is 42.5 Å². The molecule has 1 heterocycles. The SMILES string of the molecule is COc1cc(NNC2=CC=CCCC2)ccc1-c1ccc(C(=O)N2CCN(C(=O)C3(O)CC3)CC2)cc1. The van der Waals surface area contributed by atoms with Crippen LogP contribution in [0.2, 0.25) is 0 Å². The minimum atomic E-state index is -1.15. The molecule has 194 valence electrons. The summed E-state index contributed by atoms with van der Waals surface area (Å²) >= 11 is 0. The van der Waals surface area contributed by atoms with Gasteiger partial charge in [0.15, 0.2) is 0 Å². The first-order valence-corrected chi connectivity index (χ1v) is 12.9. The van der Waals surface area contributed by atoms with Gasteiger partial charge in [-0.05, 0) is 68.0 Å². The third-order valence-corrected chi connectivity index (χ3v) is 7.24. The number of piperazine rings is 1. The zero-order valence-electron chi connectivity index (χ0n) is 21.2. The molecule has 2 aromatic carbocycles. The Balaban J connectivity index is 1.20. The summed E-state index contributed by atoms with van der Waals surface area (Å²) in [5.74, 6) is 0.483.